The second-order valence-electron chi connectivity index (χ2n) is 7.51. The van der Waals surface area contributed by atoms with E-state index >= 15 is 0 Å². The summed E-state index contributed by atoms with van der Waals surface area (Å²) < 4.78 is 49.1. The van der Waals surface area contributed by atoms with Gasteiger partial charge in [0.05, 0.1) is 24.2 Å². The Morgan fingerprint density at radius 3 is 2.58 bits per heavy atom. The number of fused-ring (bicyclic) bond motifs is 1. The van der Waals surface area contributed by atoms with Crippen LogP contribution in [0.1, 0.15) is 36.8 Å². The summed E-state index contributed by atoms with van der Waals surface area (Å²) in [7, 11) is -2.05. The van der Waals surface area contributed by atoms with Crippen LogP contribution >= 0.6 is 0 Å². The molecule has 31 heavy (non-hydrogen) atoms. The quantitative estimate of drug-likeness (QED) is 0.498. The number of carbonyl (C=O) groups is 1. The van der Waals surface area contributed by atoms with Crippen LogP contribution in [0.15, 0.2) is 47.5 Å². The number of halogens is 1. The van der Waals surface area contributed by atoms with Crippen LogP contribution in [0.5, 0.6) is 11.6 Å². The number of aromatic nitrogens is 1. The molecule has 0 bridgehead atoms. The molecule has 8 heteroatoms. The molecule has 1 fully saturated rings. The van der Waals surface area contributed by atoms with Gasteiger partial charge in [-0.1, -0.05) is 19.1 Å². The van der Waals surface area contributed by atoms with Crippen LogP contribution in [-0.4, -0.2) is 32.2 Å². The molecule has 1 saturated carbocycles. The molecule has 1 heterocycles. The van der Waals surface area contributed by atoms with Crippen LogP contribution in [-0.2, 0) is 25.8 Å². The lowest BCUT2D eigenvalue weighted by atomic mass is 9.94. The molecule has 162 valence electrons. The molecule has 1 aliphatic carbocycles. The van der Waals surface area contributed by atoms with Crippen LogP contribution < -0.4 is 4.74 Å². The summed E-state index contributed by atoms with van der Waals surface area (Å²) >= 11 is 0. The highest BCUT2D eigenvalue weighted by Crippen LogP contribution is 2.49. The fourth-order valence-electron chi connectivity index (χ4n) is 3.59. The first-order valence-corrected chi connectivity index (χ1v) is 11.7. The molecule has 0 N–H and O–H groups in total. The number of carbonyl (C=O) groups excluding carboxylic acids is 1. The molecule has 0 spiro atoms. The first-order chi connectivity index (χ1) is 14.8. The molecule has 0 saturated heterocycles. The minimum atomic E-state index is -3.38. The Morgan fingerprint density at radius 2 is 1.97 bits per heavy atom. The maximum atomic E-state index is 14.1. The van der Waals surface area contributed by atoms with E-state index in [1.165, 1.54) is 37.6 Å². The highest BCUT2D eigenvalue weighted by Gasteiger charge is 2.32. The van der Waals surface area contributed by atoms with Crippen LogP contribution in [0.25, 0.3) is 10.8 Å². The topological polar surface area (TPSA) is 82.6 Å². The fourth-order valence-corrected chi connectivity index (χ4v) is 4.42. The van der Waals surface area contributed by atoms with Gasteiger partial charge in [-0.25, -0.2) is 17.8 Å². The van der Waals surface area contributed by atoms with Gasteiger partial charge < -0.3 is 9.47 Å². The van der Waals surface area contributed by atoms with Gasteiger partial charge in [0.1, 0.15) is 11.6 Å². The van der Waals surface area contributed by atoms with Crippen molar-refractivity contribution in [2.24, 2.45) is 0 Å². The van der Waals surface area contributed by atoms with Gasteiger partial charge in [-0.05, 0) is 47.9 Å². The van der Waals surface area contributed by atoms with E-state index in [4.69, 9.17) is 9.47 Å². The fraction of sp³-hybridized carbons (Fsp3) is 0.304. The van der Waals surface area contributed by atoms with Crippen molar-refractivity contribution in [2.45, 2.75) is 37.0 Å². The maximum absolute atomic E-state index is 14.1. The smallest absolute Gasteiger partial charge is 0.309 e. The Bertz CT molecular complexity index is 1250. The number of pyridine rings is 1. The average molecular weight is 443 g/mol. The van der Waals surface area contributed by atoms with Gasteiger partial charge in [-0.15, -0.1) is 0 Å². The number of hydrogen-bond acceptors (Lipinski definition) is 6. The van der Waals surface area contributed by atoms with Crippen LogP contribution in [0, 0.1) is 5.82 Å². The first-order valence-electron chi connectivity index (χ1n) is 10.0. The van der Waals surface area contributed by atoms with Crippen molar-refractivity contribution >= 4 is 26.6 Å². The highest BCUT2D eigenvalue weighted by atomic mass is 32.2. The van der Waals surface area contributed by atoms with E-state index in [-0.39, 0.29) is 34.8 Å². The van der Waals surface area contributed by atoms with E-state index in [0.717, 1.165) is 29.4 Å². The summed E-state index contributed by atoms with van der Waals surface area (Å²) in [4.78, 5) is 16.3. The zero-order chi connectivity index (χ0) is 22.2. The number of esters is 1. The third-order valence-electron chi connectivity index (χ3n) is 5.38. The second kappa shape index (κ2) is 8.26. The predicted octanol–water partition coefficient (Wildman–Crippen LogP) is 4.55. The predicted molar refractivity (Wildman–Crippen MR) is 114 cm³/mol. The molecule has 6 nitrogen and oxygen atoms in total. The Morgan fingerprint density at radius 1 is 1.19 bits per heavy atom. The van der Waals surface area contributed by atoms with Gasteiger partial charge in [-0.3, -0.25) is 4.79 Å². The molecule has 0 amide bonds. The van der Waals surface area contributed by atoms with Crippen molar-refractivity contribution in [2.75, 3.05) is 12.9 Å². The van der Waals surface area contributed by atoms with E-state index in [9.17, 15) is 17.6 Å². The number of methoxy groups -OCH3 is 1. The van der Waals surface area contributed by atoms with Gasteiger partial charge in [0.2, 0.25) is 5.88 Å². The van der Waals surface area contributed by atoms with Crippen LogP contribution in [0.3, 0.4) is 0 Å². The van der Waals surface area contributed by atoms with Gasteiger partial charge in [0, 0.05) is 23.2 Å². The summed E-state index contributed by atoms with van der Waals surface area (Å²) in [6, 6.07) is 9.19. The SMILES string of the molecule is CCS(=O)(=O)c1ccc(Oc2c(C3CC3)c(CC(=O)OC)cc3ccc(F)cc23)nc1. The molecule has 0 aliphatic heterocycles. The zero-order valence-corrected chi connectivity index (χ0v) is 18.0. The van der Waals surface area contributed by atoms with Gasteiger partial charge in [0.25, 0.3) is 0 Å². The Hall–Kier alpha value is -3.00. The monoisotopic (exact) mass is 443 g/mol. The lowest BCUT2D eigenvalue weighted by Crippen LogP contribution is -2.08. The van der Waals surface area contributed by atoms with Crippen molar-refractivity contribution in [3.8, 4) is 11.6 Å². The van der Waals surface area contributed by atoms with Gasteiger partial charge in [-0.2, -0.15) is 0 Å². The third-order valence-corrected chi connectivity index (χ3v) is 7.10. The molecule has 0 radical (unpaired) electrons. The number of benzene rings is 2. The molecule has 2 aromatic carbocycles. The number of nitrogens with zero attached hydrogens (tertiary/aromatic N) is 1. The number of hydrogen-bond donors (Lipinski definition) is 0. The van der Waals surface area contributed by atoms with Crippen molar-refractivity contribution in [3.63, 3.8) is 0 Å². The van der Waals surface area contributed by atoms with E-state index in [2.05, 4.69) is 4.98 Å². The third kappa shape index (κ3) is 4.39. The number of sulfone groups is 1. The minimum absolute atomic E-state index is 0.0276. The first kappa shape index (κ1) is 21.2. The summed E-state index contributed by atoms with van der Waals surface area (Å²) in [5, 5.41) is 1.30. The highest BCUT2D eigenvalue weighted by molar-refractivity contribution is 7.91. The summed E-state index contributed by atoms with van der Waals surface area (Å²) in [5.74, 6) is 0.0238. The van der Waals surface area contributed by atoms with Crippen molar-refractivity contribution in [1.82, 2.24) is 4.98 Å². The molecule has 1 aromatic heterocycles. The molecular formula is C23H22FNO5S. The summed E-state index contributed by atoms with van der Waals surface area (Å²) in [5.41, 5.74) is 1.61. The Labute approximate surface area is 179 Å². The van der Waals surface area contributed by atoms with Crippen LogP contribution in [0.2, 0.25) is 0 Å². The lowest BCUT2D eigenvalue weighted by molar-refractivity contribution is -0.139. The van der Waals surface area contributed by atoms with Gasteiger partial charge >= 0.3 is 5.97 Å². The molecule has 4 rings (SSSR count). The molecule has 0 atom stereocenters. The minimum Gasteiger partial charge on any atom is -0.469 e. The Balaban J connectivity index is 1.84. The normalized spacial score (nSPS) is 13.9. The average Bonchev–Trinajstić information content (AvgIpc) is 3.59. The van der Waals surface area contributed by atoms with Crippen molar-refractivity contribution < 1.29 is 27.1 Å². The number of ether oxygens (including phenoxy) is 2. The van der Waals surface area contributed by atoms with Crippen LogP contribution in [0.4, 0.5) is 4.39 Å². The molecule has 1 aliphatic rings. The lowest BCUT2D eigenvalue weighted by Gasteiger charge is -2.18. The van der Waals surface area contributed by atoms with E-state index < -0.39 is 15.7 Å². The summed E-state index contributed by atoms with van der Waals surface area (Å²) in [6.07, 6.45) is 3.21. The summed E-state index contributed by atoms with van der Waals surface area (Å²) in [6.45, 7) is 1.56. The maximum Gasteiger partial charge on any atom is 0.309 e. The largest absolute Gasteiger partial charge is 0.469 e. The van der Waals surface area contributed by atoms with Gasteiger partial charge in [0.15, 0.2) is 9.84 Å². The van der Waals surface area contributed by atoms with Crippen molar-refractivity contribution in [3.05, 3.63) is 59.5 Å². The molecular weight excluding hydrogens is 421 g/mol. The molecule has 0 unspecified atom stereocenters. The van der Waals surface area contributed by atoms with E-state index in [0.29, 0.717) is 11.1 Å². The van der Waals surface area contributed by atoms with E-state index in [1.807, 2.05) is 6.07 Å². The molecule has 3 aromatic rings. The Kier molecular flexibility index (Phi) is 5.66. The standard InChI is InChI=1S/C23H22FNO5S/c1-3-31(27,28)18-8-9-20(25-13-18)30-23-19-12-17(24)7-6-15(19)10-16(11-21(26)29-2)22(23)14-4-5-14/h6-10,12-14H,3-5,11H2,1-2H3. The zero-order valence-electron chi connectivity index (χ0n) is 17.2. The second-order valence-corrected chi connectivity index (χ2v) is 9.79. The van der Waals surface area contributed by atoms with Crippen molar-refractivity contribution in [1.29, 1.82) is 0 Å². The van der Waals surface area contributed by atoms with E-state index in [1.54, 1.807) is 13.0 Å². The number of rotatable bonds is 7.